The molecule has 2 heteroatoms. The molecule has 0 radical (unpaired) electrons. The quantitative estimate of drug-likeness (QED) is 0.428. The minimum atomic E-state index is 0.0477. The Hall–Kier alpha value is -0.660. The Morgan fingerprint density at radius 1 is 1.08 bits per heavy atom. The van der Waals surface area contributed by atoms with Crippen molar-refractivity contribution in [2.24, 2.45) is 45.6 Å². The number of allylic oxidation sites excluding steroid dienone is 1. The van der Waals surface area contributed by atoms with E-state index in [-0.39, 0.29) is 6.04 Å². The Labute approximate surface area is 147 Å². The first-order valence-corrected chi connectivity index (χ1v) is 10.4. The van der Waals surface area contributed by atoms with Crippen molar-refractivity contribution in [3.8, 4) is 0 Å². The maximum Gasteiger partial charge on any atom is 0.0957 e. The molecule has 4 aliphatic carbocycles. The number of hydrogen-bond acceptors (Lipinski definition) is 2. The molecule has 0 spiro atoms. The molecule has 4 aliphatic rings. The monoisotopic (exact) mass is 329 g/mol. The van der Waals surface area contributed by atoms with Gasteiger partial charge in [-0.3, -0.25) is 0 Å². The average molecular weight is 330 g/mol. The smallest absolute Gasteiger partial charge is 0.0957 e. The fourth-order valence-corrected chi connectivity index (χ4v) is 7.87. The summed E-state index contributed by atoms with van der Waals surface area (Å²) in [5.41, 5.74) is 2.53. The summed E-state index contributed by atoms with van der Waals surface area (Å²) in [6, 6.07) is 0.0477. The molecule has 0 aromatic heterocycles. The summed E-state index contributed by atoms with van der Waals surface area (Å²) in [5, 5.41) is 3.38. The van der Waals surface area contributed by atoms with Gasteiger partial charge in [-0.1, -0.05) is 44.5 Å². The summed E-state index contributed by atoms with van der Waals surface area (Å²) in [5.74, 6) is 4.43. The highest BCUT2D eigenvalue weighted by molar-refractivity contribution is 5.26. The van der Waals surface area contributed by atoms with E-state index in [0.717, 1.165) is 42.4 Å². The first-order chi connectivity index (χ1) is 11.4. The highest BCUT2D eigenvalue weighted by Crippen LogP contribution is 2.67. The summed E-state index contributed by atoms with van der Waals surface area (Å²) in [7, 11) is 0. The lowest BCUT2D eigenvalue weighted by Gasteiger charge is -2.58. The molecule has 0 aromatic carbocycles. The first kappa shape index (κ1) is 16.8. The predicted octanol–water partition coefficient (Wildman–Crippen LogP) is 6.36. The van der Waals surface area contributed by atoms with Crippen molar-refractivity contribution in [1.29, 1.82) is 0 Å². The van der Waals surface area contributed by atoms with Crippen molar-refractivity contribution in [1.82, 2.24) is 0 Å². The molecule has 0 N–H and O–H groups in total. The fraction of sp³-hybridized carbons (Fsp3) is 0.909. The molecule has 0 bridgehead atoms. The SMILES string of the molecule is CC(C)[C@H]1CCC2C3CC=C4C[C@@H](N=O)CCC4(C)C3CCC21C. The van der Waals surface area contributed by atoms with Gasteiger partial charge in [0.15, 0.2) is 0 Å². The van der Waals surface area contributed by atoms with E-state index in [1.54, 1.807) is 5.57 Å². The third-order valence-corrected chi connectivity index (χ3v) is 9.11. The second kappa shape index (κ2) is 5.68. The minimum Gasteiger partial charge on any atom is -0.151 e. The zero-order chi connectivity index (χ0) is 17.1. The summed E-state index contributed by atoms with van der Waals surface area (Å²) >= 11 is 0. The summed E-state index contributed by atoms with van der Waals surface area (Å²) in [6.07, 6.45) is 12.7. The summed E-state index contributed by atoms with van der Waals surface area (Å²) < 4.78 is 0. The lowest BCUT2D eigenvalue weighted by atomic mass is 9.47. The topological polar surface area (TPSA) is 29.4 Å². The van der Waals surface area contributed by atoms with Crippen LogP contribution in [0.3, 0.4) is 0 Å². The van der Waals surface area contributed by atoms with Crippen LogP contribution in [0.4, 0.5) is 0 Å². The Balaban J connectivity index is 1.63. The van der Waals surface area contributed by atoms with Gasteiger partial charge >= 0.3 is 0 Å². The molecule has 0 saturated heterocycles. The second-order valence-electron chi connectivity index (χ2n) is 10.2. The largest absolute Gasteiger partial charge is 0.151 e. The van der Waals surface area contributed by atoms with Crippen molar-refractivity contribution in [2.75, 3.05) is 0 Å². The molecule has 7 atom stereocenters. The van der Waals surface area contributed by atoms with Crippen LogP contribution in [0, 0.1) is 45.3 Å². The third kappa shape index (κ3) is 2.20. The van der Waals surface area contributed by atoms with Crippen LogP contribution in [-0.4, -0.2) is 6.04 Å². The van der Waals surface area contributed by atoms with Crippen LogP contribution < -0.4 is 0 Å². The van der Waals surface area contributed by atoms with Crippen molar-refractivity contribution < 1.29 is 0 Å². The van der Waals surface area contributed by atoms with E-state index in [4.69, 9.17) is 0 Å². The first-order valence-electron chi connectivity index (χ1n) is 10.4. The zero-order valence-electron chi connectivity index (χ0n) is 16.1. The normalized spacial score (nSPS) is 50.7. The molecular formula is C22H35NO. The van der Waals surface area contributed by atoms with Gasteiger partial charge in [0.2, 0.25) is 0 Å². The minimum absolute atomic E-state index is 0.0477. The molecule has 5 unspecified atom stereocenters. The van der Waals surface area contributed by atoms with E-state index >= 15 is 0 Å². The second-order valence-corrected chi connectivity index (χ2v) is 10.2. The van der Waals surface area contributed by atoms with Crippen molar-refractivity contribution >= 4 is 0 Å². The standard InChI is InChI=1S/C22H35NO/c1-14(2)18-7-8-19-17-6-5-15-13-16(23-24)9-11-21(15,3)20(17)10-12-22(18,19)4/h5,14,16-20H,6-13H2,1-4H3/t16-,17?,18+,19?,20?,21?,22?/m0/s1. The van der Waals surface area contributed by atoms with Gasteiger partial charge < -0.3 is 0 Å². The molecule has 0 amide bonds. The third-order valence-electron chi connectivity index (χ3n) is 9.11. The van der Waals surface area contributed by atoms with Gasteiger partial charge in [-0.15, -0.1) is 0 Å². The van der Waals surface area contributed by atoms with E-state index in [2.05, 4.69) is 38.9 Å². The summed E-state index contributed by atoms with van der Waals surface area (Å²) in [4.78, 5) is 11.0. The van der Waals surface area contributed by atoms with Gasteiger partial charge in [0.1, 0.15) is 0 Å². The molecule has 3 fully saturated rings. The van der Waals surface area contributed by atoms with Crippen LogP contribution in [0.5, 0.6) is 0 Å². The molecule has 4 rings (SSSR count). The molecule has 2 nitrogen and oxygen atoms in total. The molecule has 3 saturated carbocycles. The van der Waals surface area contributed by atoms with Crippen LogP contribution in [0.25, 0.3) is 0 Å². The number of rotatable bonds is 2. The van der Waals surface area contributed by atoms with Crippen LogP contribution in [-0.2, 0) is 0 Å². The van der Waals surface area contributed by atoms with Crippen LogP contribution in [0.15, 0.2) is 16.8 Å². The molecule has 0 aliphatic heterocycles. The fourth-order valence-electron chi connectivity index (χ4n) is 7.87. The van der Waals surface area contributed by atoms with Crippen LogP contribution in [0.1, 0.15) is 79.1 Å². The van der Waals surface area contributed by atoms with Gasteiger partial charge in [0, 0.05) is 0 Å². The molecule has 0 heterocycles. The van der Waals surface area contributed by atoms with Crippen molar-refractivity contribution in [3.05, 3.63) is 16.6 Å². The lowest BCUT2D eigenvalue weighted by Crippen LogP contribution is -2.50. The Morgan fingerprint density at radius 2 is 1.88 bits per heavy atom. The van der Waals surface area contributed by atoms with Gasteiger partial charge in [-0.05, 0) is 91.8 Å². The van der Waals surface area contributed by atoms with Crippen molar-refractivity contribution in [2.45, 2.75) is 85.1 Å². The maximum atomic E-state index is 11.0. The van der Waals surface area contributed by atoms with Gasteiger partial charge in [0.05, 0.1) is 6.04 Å². The lowest BCUT2D eigenvalue weighted by molar-refractivity contribution is -0.0488. The van der Waals surface area contributed by atoms with E-state index in [0.29, 0.717) is 10.8 Å². The van der Waals surface area contributed by atoms with E-state index < -0.39 is 0 Å². The molecular weight excluding hydrogens is 294 g/mol. The van der Waals surface area contributed by atoms with Gasteiger partial charge in [-0.2, -0.15) is 4.91 Å². The van der Waals surface area contributed by atoms with Crippen LogP contribution >= 0.6 is 0 Å². The summed E-state index contributed by atoms with van der Waals surface area (Å²) in [6.45, 7) is 10.0. The number of nitrogens with zero attached hydrogens (tertiary/aromatic N) is 1. The van der Waals surface area contributed by atoms with Crippen molar-refractivity contribution in [3.63, 3.8) is 0 Å². The maximum absolute atomic E-state index is 11.0. The predicted molar refractivity (Wildman–Crippen MR) is 99.6 cm³/mol. The van der Waals surface area contributed by atoms with Gasteiger partial charge in [-0.25, -0.2) is 0 Å². The number of hydrogen-bond donors (Lipinski definition) is 0. The molecule has 134 valence electrons. The number of fused-ring (bicyclic) bond motifs is 5. The van der Waals surface area contributed by atoms with E-state index in [1.165, 1.54) is 38.5 Å². The zero-order valence-corrected chi connectivity index (χ0v) is 16.1. The van der Waals surface area contributed by atoms with E-state index in [9.17, 15) is 4.91 Å². The van der Waals surface area contributed by atoms with Gasteiger partial charge in [0.25, 0.3) is 0 Å². The number of nitroso groups, excluding NO2 is 1. The van der Waals surface area contributed by atoms with E-state index in [1.807, 2.05) is 0 Å². The average Bonchev–Trinajstić information content (AvgIpc) is 2.91. The Kier molecular flexibility index (Phi) is 3.97. The highest BCUT2D eigenvalue weighted by Gasteiger charge is 2.58. The Morgan fingerprint density at radius 3 is 2.58 bits per heavy atom. The van der Waals surface area contributed by atoms with Crippen LogP contribution in [0.2, 0.25) is 0 Å². The Bertz CT molecular complexity index is 552. The molecule has 24 heavy (non-hydrogen) atoms. The molecule has 0 aromatic rings. The highest BCUT2D eigenvalue weighted by atomic mass is 16.3.